The monoisotopic (exact) mass is 470 g/mol. The zero-order valence-corrected chi connectivity index (χ0v) is 20.6. The van der Waals surface area contributed by atoms with E-state index in [1.807, 2.05) is 17.0 Å². The number of anilines is 1. The highest BCUT2D eigenvalue weighted by atomic mass is 32.2. The number of rotatable bonds is 9. The minimum absolute atomic E-state index is 0.0995. The highest BCUT2D eigenvalue weighted by Crippen LogP contribution is 2.33. The van der Waals surface area contributed by atoms with Crippen molar-refractivity contribution in [3.8, 4) is 5.75 Å². The third-order valence-corrected chi connectivity index (χ3v) is 7.75. The molecule has 0 N–H and O–H groups in total. The van der Waals surface area contributed by atoms with Gasteiger partial charge >= 0.3 is 0 Å². The average molecular weight is 471 g/mol. The largest absolute Gasteiger partial charge is 0.497 e. The zero-order chi connectivity index (χ0) is 22.5. The van der Waals surface area contributed by atoms with Crippen molar-refractivity contribution in [1.82, 2.24) is 4.98 Å². The van der Waals surface area contributed by atoms with Crippen LogP contribution in [-0.2, 0) is 9.53 Å². The first-order valence-electron chi connectivity index (χ1n) is 11.1. The number of amides is 1. The Labute approximate surface area is 198 Å². The molecule has 0 spiro atoms. The van der Waals surface area contributed by atoms with Crippen LogP contribution in [0, 0.1) is 13.8 Å². The molecular weight excluding hydrogens is 440 g/mol. The van der Waals surface area contributed by atoms with Crippen molar-refractivity contribution >= 4 is 44.4 Å². The smallest absolute Gasteiger partial charge is 0.228 e. The number of nitrogens with zero attached hydrogens (tertiary/aromatic N) is 2. The highest BCUT2D eigenvalue weighted by Gasteiger charge is 2.26. The van der Waals surface area contributed by atoms with Gasteiger partial charge in [0.2, 0.25) is 5.91 Å². The Morgan fingerprint density at radius 1 is 1.28 bits per heavy atom. The Bertz CT molecular complexity index is 1060. The third kappa shape index (κ3) is 5.63. The van der Waals surface area contributed by atoms with Crippen molar-refractivity contribution in [2.75, 3.05) is 30.9 Å². The number of thiazole rings is 1. The SMILES string of the molecule is COc1ccc(SCCCC(=O)N(CC2CCCO2)c2nc3c(C)cc(C)cc3s2)cc1. The molecule has 1 unspecified atom stereocenters. The lowest BCUT2D eigenvalue weighted by molar-refractivity contribution is -0.119. The summed E-state index contributed by atoms with van der Waals surface area (Å²) in [4.78, 5) is 21.2. The number of aromatic nitrogens is 1. The summed E-state index contributed by atoms with van der Waals surface area (Å²) in [7, 11) is 1.67. The molecule has 1 amide bonds. The van der Waals surface area contributed by atoms with Gasteiger partial charge in [0.15, 0.2) is 5.13 Å². The molecule has 1 saturated heterocycles. The fraction of sp³-hybridized carbons (Fsp3) is 0.440. The lowest BCUT2D eigenvalue weighted by atomic mass is 10.1. The predicted molar refractivity (Wildman–Crippen MR) is 133 cm³/mol. The second-order valence-corrected chi connectivity index (χ2v) is 10.4. The van der Waals surface area contributed by atoms with E-state index in [2.05, 4.69) is 38.1 Å². The minimum Gasteiger partial charge on any atom is -0.497 e. The molecular formula is C25H30N2O3S2. The molecule has 1 aliphatic heterocycles. The molecule has 1 aromatic heterocycles. The van der Waals surface area contributed by atoms with Crippen LogP contribution >= 0.6 is 23.1 Å². The molecule has 7 heteroatoms. The lowest BCUT2D eigenvalue weighted by Crippen LogP contribution is -2.37. The number of hydrogen-bond donors (Lipinski definition) is 0. The molecule has 5 nitrogen and oxygen atoms in total. The molecule has 0 bridgehead atoms. The Balaban J connectivity index is 1.42. The van der Waals surface area contributed by atoms with E-state index in [-0.39, 0.29) is 12.0 Å². The van der Waals surface area contributed by atoms with Crippen LogP contribution in [0.1, 0.15) is 36.8 Å². The number of benzene rings is 2. The van der Waals surface area contributed by atoms with Gasteiger partial charge in [0.05, 0.1) is 30.0 Å². The molecule has 1 aliphatic rings. The van der Waals surface area contributed by atoms with E-state index in [0.29, 0.717) is 13.0 Å². The average Bonchev–Trinajstić information content (AvgIpc) is 3.45. The van der Waals surface area contributed by atoms with Crippen LogP contribution in [-0.4, -0.2) is 43.0 Å². The first-order valence-corrected chi connectivity index (χ1v) is 12.9. The van der Waals surface area contributed by atoms with Crippen molar-refractivity contribution in [2.45, 2.75) is 50.5 Å². The Hall–Kier alpha value is -2.09. The molecule has 0 saturated carbocycles. The Morgan fingerprint density at radius 2 is 2.09 bits per heavy atom. The summed E-state index contributed by atoms with van der Waals surface area (Å²) < 4.78 is 12.2. The zero-order valence-electron chi connectivity index (χ0n) is 18.9. The first-order chi connectivity index (χ1) is 15.5. The summed E-state index contributed by atoms with van der Waals surface area (Å²) in [6.07, 6.45) is 3.48. The van der Waals surface area contributed by atoms with Crippen LogP contribution in [0.2, 0.25) is 0 Å². The van der Waals surface area contributed by atoms with Crippen LogP contribution in [0.5, 0.6) is 5.75 Å². The highest BCUT2D eigenvalue weighted by molar-refractivity contribution is 7.99. The number of ether oxygens (including phenoxy) is 2. The minimum atomic E-state index is 0.0995. The number of thioether (sulfide) groups is 1. The molecule has 1 atom stereocenters. The standard InChI is InChI=1S/C25H30N2O3S2/c1-17-14-18(2)24-22(15-17)32-25(26-24)27(16-20-6-4-12-30-20)23(28)7-5-13-31-21-10-8-19(29-3)9-11-21/h8-11,14-15,20H,4-7,12-13,16H2,1-3H3. The Morgan fingerprint density at radius 3 is 2.81 bits per heavy atom. The Kier molecular flexibility index (Phi) is 7.71. The van der Waals surface area contributed by atoms with Gasteiger partial charge in [-0.25, -0.2) is 4.98 Å². The molecule has 0 radical (unpaired) electrons. The molecule has 1 fully saturated rings. The van der Waals surface area contributed by atoms with Gasteiger partial charge < -0.3 is 9.47 Å². The molecule has 170 valence electrons. The molecule has 3 aromatic rings. The second-order valence-electron chi connectivity index (χ2n) is 8.19. The maximum absolute atomic E-state index is 13.3. The van der Waals surface area contributed by atoms with Crippen molar-refractivity contribution in [3.63, 3.8) is 0 Å². The summed E-state index contributed by atoms with van der Waals surface area (Å²) in [6.45, 7) is 5.55. The maximum Gasteiger partial charge on any atom is 0.228 e. The van der Waals surface area contributed by atoms with Gasteiger partial charge in [-0.2, -0.15) is 0 Å². The summed E-state index contributed by atoms with van der Waals surface area (Å²) >= 11 is 3.37. The van der Waals surface area contributed by atoms with E-state index in [9.17, 15) is 4.79 Å². The van der Waals surface area contributed by atoms with Gasteiger partial charge in [-0.05, 0) is 80.3 Å². The van der Waals surface area contributed by atoms with Gasteiger partial charge in [0.1, 0.15) is 5.75 Å². The lowest BCUT2D eigenvalue weighted by Gasteiger charge is -2.23. The number of methoxy groups -OCH3 is 1. The van der Waals surface area contributed by atoms with Crippen molar-refractivity contribution < 1.29 is 14.3 Å². The van der Waals surface area contributed by atoms with Crippen LogP contribution in [0.25, 0.3) is 10.2 Å². The van der Waals surface area contributed by atoms with Crippen LogP contribution < -0.4 is 9.64 Å². The van der Waals surface area contributed by atoms with E-state index in [4.69, 9.17) is 14.5 Å². The summed E-state index contributed by atoms with van der Waals surface area (Å²) in [5.74, 6) is 1.88. The van der Waals surface area contributed by atoms with Crippen molar-refractivity contribution in [1.29, 1.82) is 0 Å². The normalized spacial score (nSPS) is 15.9. The second kappa shape index (κ2) is 10.7. The molecule has 2 heterocycles. The number of aryl methyl sites for hydroxylation is 2. The van der Waals surface area contributed by atoms with Gasteiger partial charge in [0.25, 0.3) is 0 Å². The van der Waals surface area contributed by atoms with Crippen molar-refractivity contribution in [3.05, 3.63) is 47.5 Å². The molecule has 2 aromatic carbocycles. The fourth-order valence-electron chi connectivity index (χ4n) is 3.97. The summed E-state index contributed by atoms with van der Waals surface area (Å²) in [6, 6.07) is 12.3. The number of carbonyl (C=O) groups is 1. The van der Waals surface area contributed by atoms with Gasteiger partial charge in [-0.15, -0.1) is 11.8 Å². The number of fused-ring (bicyclic) bond motifs is 1. The molecule has 4 rings (SSSR count). The predicted octanol–water partition coefficient (Wildman–Crippen LogP) is 6.01. The third-order valence-electron chi connectivity index (χ3n) is 5.62. The summed E-state index contributed by atoms with van der Waals surface area (Å²) in [5.41, 5.74) is 3.37. The van der Waals surface area contributed by atoms with Gasteiger partial charge in [-0.3, -0.25) is 9.69 Å². The van der Waals surface area contributed by atoms with E-state index in [1.165, 1.54) is 10.5 Å². The quantitative estimate of drug-likeness (QED) is 0.283. The van der Waals surface area contributed by atoms with Gasteiger partial charge in [-0.1, -0.05) is 17.4 Å². The van der Waals surface area contributed by atoms with E-state index in [0.717, 1.165) is 58.3 Å². The fourth-order valence-corrected chi connectivity index (χ4v) is 5.99. The van der Waals surface area contributed by atoms with Crippen LogP contribution in [0.3, 0.4) is 0 Å². The first kappa shape index (κ1) is 23.1. The molecule has 32 heavy (non-hydrogen) atoms. The topological polar surface area (TPSA) is 51.7 Å². The van der Waals surface area contributed by atoms with E-state index >= 15 is 0 Å². The van der Waals surface area contributed by atoms with Crippen LogP contribution in [0.15, 0.2) is 41.3 Å². The summed E-state index contributed by atoms with van der Waals surface area (Å²) in [5, 5.41) is 0.789. The number of hydrogen-bond acceptors (Lipinski definition) is 6. The van der Waals surface area contributed by atoms with E-state index in [1.54, 1.807) is 30.2 Å². The van der Waals surface area contributed by atoms with Gasteiger partial charge in [0, 0.05) is 17.9 Å². The number of carbonyl (C=O) groups excluding carboxylic acids is 1. The molecule has 0 aliphatic carbocycles. The van der Waals surface area contributed by atoms with E-state index < -0.39 is 0 Å². The van der Waals surface area contributed by atoms with Crippen molar-refractivity contribution in [2.24, 2.45) is 0 Å². The maximum atomic E-state index is 13.3. The van der Waals surface area contributed by atoms with Crippen LogP contribution in [0.4, 0.5) is 5.13 Å².